The van der Waals surface area contributed by atoms with E-state index < -0.39 is 0 Å². The van der Waals surface area contributed by atoms with Gasteiger partial charge in [0.15, 0.2) is 0 Å². The van der Waals surface area contributed by atoms with Crippen molar-refractivity contribution in [2.75, 3.05) is 18.5 Å². The molecule has 1 heterocycles. The number of hydrogen-bond donors (Lipinski definition) is 3. The van der Waals surface area contributed by atoms with Crippen molar-refractivity contribution in [2.45, 2.75) is 39.2 Å². The SMILES string of the molecule is CC(C)CC(CO)NC(=O)c1ccc2c(c1)CCCN2. The molecule has 1 aliphatic heterocycles. The Bertz CT molecular complexity index is 472. The molecule has 1 aliphatic rings. The average molecular weight is 276 g/mol. The van der Waals surface area contributed by atoms with E-state index in [0.29, 0.717) is 11.5 Å². The number of aliphatic hydroxyl groups is 1. The minimum atomic E-state index is -0.170. The molecule has 3 N–H and O–H groups in total. The lowest BCUT2D eigenvalue weighted by atomic mass is 10.00. The molecule has 0 bridgehead atoms. The van der Waals surface area contributed by atoms with E-state index in [1.54, 1.807) is 0 Å². The lowest BCUT2D eigenvalue weighted by Crippen LogP contribution is -2.38. The van der Waals surface area contributed by atoms with Crippen molar-refractivity contribution >= 4 is 11.6 Å². The molecule has 4 heteroatoms. The third-order valence-corrected chi connectivity index (χ3v) is 3.62. The van der Waals surface area contributed by atoms with Gasteiger partial charge in [-0.15, -0.1) is 0 Å². The van der Waals surface area contributed by atoms with E-state index in [2.05, 4.69) is 24.5 Å². The van der Waals surface area contributed by atoms with Crippen molar-refractivity contribution < 1.29 is 9.90 Å². The van der Waals surface area contributed by atoms with Crippen LogP contribution in [0.25, 0.3) is 0 Å². The fraction of sp³-hybridized carbons (Fsp3) is 0.562. The summed E-state index contributed by atoms with van der Waals surface area (Å²) in [7, 11) is 0. The number of fused-ring (bicyclic) bond motifs is 1. The Morgan fingerprint density at radius 1 is 1.45 bits per heavy atom. The van der Waals surface area contributed by atoms with Gasteiger partial charge in [-0.05, 0) is 48.9 Å². The largest absolute Gasteiger partial charge is 0.394 e. The number of benzene rings is 1. The zero-order chi connectivity index (χ0) is 14.5. The predicted octanol–water partition coefficient (Wildman–Crippen LogP) is 2.18. The quantitative estimate of drug-likeness (QED) is 0.772. The Morgan fingerprint density at radius 2 is 2.25 bits per heavy atom. The number of rotatable bonds is 5. The van der Waals surface area contributed by atoms with Gasteiger partial charge in [0, 0.05) is 17.8 Å². The molecule has 0 saturated carbocycles. The molecule has 0 saturated heterocycles. The van der Waals surface area contributed by atoms with Crippen LogP contribution in [-0.4, -0.2) is 30.2 Å². The van der Waals surface area contributed by atoms with Crippen molar-refractivity contribution in [2.24, 2.45) is 5.92 Å². The molecule has 2 rings (SSSR count). The van der Waals surface area contributed by atoms with Crippen LogP contribution in [0, 0.1) is 5.92 Å². The molecule has 0 aromatic heterocycles. The maximum Gasteiger partial charge on any atom is 0.251 e. The van der Waals surface area contributed by atoms with Crippen LogP contribution in [0.2, 0.25) is 0 Å². The number of carbonyl (C=O) groups is 1. The summed E-state index contributed by atoms with van der Waals surface area (Å²) >= 11 is 0. The minimum Gasteiger partial charge on any atom is -0.394 e. The van der Waals surface area contributed by atoms with Gasteiger partial charge in [-0.2, -0.15) is 0 Å². The fourth-order valence-electron chi connectivity index (χ4n) is 2.63. The van der Waals surface area contributed by atoms with Crippen molar-refractivity contribution in [1.82, 2.24) is 5.32 Å². The van der Waals surface area contributed by atoms with Crippen LogP contribution in [0.15, 0.2) is 18.2 Å². The number of carbonyl (C=O) groups excluding carboxylic acids is 1. The lowest BCUT2D eigenvalue weighted by Gasteiger charge is -2.20. The third kappa shape index (κ3) is 3.73. The topological polar surface area (TPSA) is 61.4 Å². The molecule has 110 valence electrons. The van der Waals surface area contributed by atoms with E-state index in [1.807, 2.05) is 18.2 Å². The van der Waals surface area contributed by atoms with Crippen LogP contribution in [0.5, 0.6) is 0 Å². The van der Waals surface area contributed by atoms with E-state index in [9.17, 15) is 9.90 Å². The molecule has 4 nitrogen and oxygen atoms in total. The summed E-state index contributed by atoms with van der Waals surface area (Å²) in [4.78, 5) is 12.2. The van der Waals surface area contributed by atoms with E-state index >= 15 is 0 Å². The van der Waals surface area contributed by atoms with Gasteiger partial charge in [0.05, 0.1) is 12.6 Å². The molecule has 0 fully saturated rings. The molecule has 1 aromatic rings. The zero-order valence-corrected chi connectivity index (χ0v) is 12.3. The average Bonchev–Trinajstić information content (AvgIpc) is 2.45. The monoisotopic (exact) mass is 276 g/mol. The van der Waals surface area contributed by atoms with Crippen LogP contribution in [0.4, 0.5) is 5.69 Å². The van der Waals surface area contributed by atoms with E-state index in [4.69, 9.17) is 0 Å². The molecule has 1 aromatic carbocycles. The number of anilines is 1. The van der Waals surface area contributed by atoms with Crippen LogP contribution in [-0.2, 0) is 6.42 Å². The Balaban J connectivity index is 2.05. The lowest BCUT2D eigenvalue weighted by molar-refractivity contribution is 0.0908. The van der Waals surface area contributed by atoms with E-state index in [1.165, 1.54) is 5.56 Å². The highest BCUT2D eigenvalue weighted by Crippen LogP contribution is 2.23. The van der Waals surface area contributed by atoms with Gasteiger partial charge in [-0.1, -0.05) is 13.8 Å². The van der Waals surface area contributed by atoms with Gasteiger partial charge in [0.1, 0.15) is 0 Å². The number of amides is 1. The Morgan fingerprint density at radius 3 is 2.95 bits per heavy atom. The molecule has 20 heavy (non-hydrogen) atoms. The summed E-state index contributed by atoms with van der Waals surface area (Å²) in [5.74, 6) is 0.346. The van der Waals surface area contributed by atoms with Crippen LogP contribution < -0.4 is 10.6 Å². The summed E-state index contributed by atoms with van der Waals surface area (Å²) in [6.45, 7) is 5.15. The summed E-state index contributed by atoms with van der Waals surface area (Å²) in [6.07, 6.45) is 2.90. The normalized spacial score (nSPS) is 15.4. The van der Waals surface area contributed by atoms with Crippen molar-refractivity contribution in [3.63, 3.8) is 0 Å². The van der Waals surface area contributed by atoms with Gasteiger partial charge in [-0.3, -0.25) is 4.79 Å². The van der Waals surface area contributed by atoms with Crippen molar-refractivity contribution in [1.29, 1.82) is 0 Å². The first kappa shape index (κ1) is 14.9. The van der Waals surface area contributed by atoms with Gasteiger partial charge in [-0.25, -0.2) is 0 Å². The van der Waals surface area contributed by atoms with Gasteiger partial charge in [0.2, 0.25) is 0 Å². The predicted molar refractivity (Wildman–Crippen MR) is 81.0 cm³/mol. The second kappa shape index (κ2) is 6.75. The van der Waals surface area contributed by atoms with Gasteiger partial charge >= 0.3 is 0 Å². The molecule has 1 atom stereocenters. The number of nitrogens with one attached hydrogen (secondary N) is 2. The molecule has 0 radical (unpaired) electrons. The molecule has 0 aliphatic carbocycles. The number of aliphatic hydroxyl groups excluding tert-OH is 1. The molecular formula is C16H24N2O2. The number of hydrogen-bond acceptors (Lipinski definition) is 3. The molecule has 1 unspecified atom stereocenters. The molecular weight excluding hydrogens is 252 g/mol. The van der Waals surface area contributed by atoms with Crippen LogP contribution in [0.1, 0.15) is 42.6 Å². The summed E-state index contributed by atoms with van der Waals surface area (Å²) < 4.78 is 0. The van der Waals surface area contributed by atoms with Crippen molar-refractivity contribution in [3.05, 3.63) is 29.3 Å². The summed E-state index contributed by atoms with van der Waals surface area (Å²) in [6, 6.07) is 5.60. The fourth-order valence-corrected chi connectivity index (χ4v) is 2.63. The summed E-state index contributed by atoms with van der Waals surface area (Å²) in [5.41, 5.74) is 3.01. The smallest absolute Gasteiger partial charge is 0.251 e. The first-order chi connectivity index (χ1) is 9.60. The first-order valence-electron chi connectivity index (χ1n) is 7.38. The Hall–Kier alpha value is -1.55. The minimum absolute atomic E-state index is 0.0174. The highest BCUT2D eigenvalue weighted by Gasteiger charge is 2.16. The Kier molecular flexibility index (Phi) is 5.01. The van der Waals surface area contributed by atoms with E-state index in [-0.39, 0.29) is 18.6 Å². The van der Waals surface area contributed by atoms with Gasteiger partial charge < -0.3 is 15.7 Å². The molecule has 0 spiro atoms. The second-order valence-corrected chi connectivity index (χ2v) is 5.88. The maximum atomic E-state index is 12.2. The van der Waals surface area contributed by atoms with Gasteiger partial charge in [0.25, 0.3) is 5.91 Å². The summed E-state index contributed by atoms with van der Waals surface area (Å²) in [5, 5.41) is 15.6. The third-order valence-electron chi connectivity index (χ3n) is 3.62. The van der Waals surface area contributed by atoms with E-state index in [0.717, 1.165) is 31.5 Å². The maximum absolute atomic E-state index is 12.2. The zero-order valence-electron chi connectivity index (χ0n) is 12.3. The highest BCUT2D eigenvalue weighted by atomic mass is 16.3. The first-order valence-corrected chi connectivity index (χ1v) is 7.38. The second-order valence-electron chi connectivity index (χ2n) is 5.88. The standard InChI is InChI=1S/C16H24N2O2/c1-11(2)8-14(10-19)18-16(20)13-5-6-15-12(9-13)4-3-7-17-15/h5-6,9,11,14,17,19H,3-4,7-8,10H2,1-2H3,(H,18,20). The van der Waals surface area contributed by atoms with Crippen LogP contribution in [0.3, 0.4) is 0 Å². The Labute approximate surface area is 120 Å². The highest BCUT2D eigenvalue weighted by molar-refractivity contribution is 5.95. The van der Waals surface area contributed by atoms with Crippen LogP contribution >= 0.6 is 0 Å². The molecule has 1 amide bonds. The van der Waals surface area contributed by atoms with Crippen molar-refractivity contribution in [3.8, 4) is 0 Å². The number of aryl methyl sites for hydroxylation is 1.